The Balaban J connectivity index is 3.09. The summed E-state index contributed by atoms with van der Waals surface area (Å²) in [5.41, 5.74) is -2.44. The standard InChI is InChI=1S/C10H11FN2O4/c1-10(2,15)9(14)12-7-5-6(11)3-4-8(7)13(16)17/h3-5,15H,1-2H3,(H,12,14). The van der Waals surface area contributed by atoms with Crippen molar-refractivity contribution in [3.8, 4) is 0 Å². The first kappa shape index (κ1) is 13.0. The van der Waals surface area contributed by atoms with Crippen molar-refractivity contribution < 1.29 is 19.2 Å². The van der Waals surface area contributed by atoms with E-state index < -0.39 is 27.9 Å². The Hall–Kier alpha value is -2.02. The molecule has 2 N–H and O–H groups in total. The molecule has 0 atom stereocenters. The topological polar surface area (TPSA) is 92.5 Å². The lowest BCUT2D eigenvalue weighted by molar-refractivity contribution is -0.384. The Morgan fingerprint density at radius 3 is 2.59 bits per heavy atom. The average Bonchev–Trinajstić information content (AvgIpc) is 2.15. The lowest BCUT2D eigenvalue weighted by Gasteiger charge is -2.16. The van der Waals surface area contributed by atoms with E-state index in [1.807, 2.05) is 0 Å². The number of carbonyl (C=O) groups excluding carboxylic acids is 1. The number of anilines is 1. The second-order valence-electron chi connectivity index (χ2n) is 3.93. The van der Waals surface area contributed by atoms with Crippen molar-refractivity contribution in [2.75, 3.05) is 5.32 Å². The second kappa shape index (κ2) is 4.46. The summed E-state index contributed by atoms with van der Waals surface area (Å²) in [7, 11) is 0. The lowest BCUT2D eigenvalue weighted by atomic mass is 10.1. The Labute approximate surface area is 96.2 Å². The molecule has 7 heteroatoms. The molecule has 0 unspecified atom stereocenters. The fourth-order valence-corrected chi connectivity index (χ4v) is 1.04. The molecule has 1 amide bonds. The normalized spacial score (nSPS) is 11.1. The maximum Gasteiger partial charge on any atom is 0.292 e. The zero-order chi connectivity index (χ0) is 13.2. The SMILES string of the molecule is CC(C)(O)C(=O)Nc1cc(F)ccc1[N+](=O)[O-]. The fourth-order valence-electron chi connectivity index (χ4n) is 1.04. The minimum Gasteiger partial charge on any atom is -0.381 e. The van der Waals surface area contributed by atoms with Gasteiger partial charge in [0.15, 0.2) is 0 Å². The Morgan fingerprint density at radius 1 is 1.53 bits per heavy atom. The van der Waals surface area contributed by atoms with Crippen molar-refractivity contribution in [3.63, 3.8) is 0 Å². The monoisotopic (exact) mass is 242 g/mol. The number of nitro benzene ring substituents is 1. The van der Waals surface area contributed by atoms with Crippen LogP contribution >= 0.6 is 0 Å². The summed E-state index contributed by atoms with van der Waals surface area (Å²) in [6, 6.07) is 2.68. The molecular weight excluding hydrogens is 231 g/mol. The van der Waals surface area contributed by atoms with Crippen molar-refractivity contribution >= 4 is 17.3 Å². The third-order valence-corrected chi connectivity index (χ3v) is 1.96. The van der Waals surface area contributed by atoms with Gasteiger partial charge >= 0.3 is 0 Å². The van der Waals surface area contributed by atoms with E-state index in [4.69, 9.17) is 0 Å². The highest BCUT2D eigenvalue weighted by molar-refractivity contribution is 5.98. The van der Waals surface area contributed by atoms with Crippen LogP contribution in [-0.2, 0) is 4.79 Å². The lowest BCUT2D eigenvalue weighted by Crippen LogP contribution is -2.36. The number of nitrogens with one attached hydrogen (secondary N) is 1. The molecule has 0 bridgehead atoms. The van der Waals surface area contributed by atoms with Gasteiger partial charge in [0, 0.05) is 12.1 Å². The van der Waals surface area contributed by atoms with Crippen molar-refractivity contribution in [1.29, 1.82) is 0 Å². The first-order valence-electron chi connectivity index (χ1n) is 4.69. The summed E-state index contributed by atoms with van der Waals surface area (Å²) >= 11 is 0. The quantitative estimate of drug-likeness (QED) is 0.619. The largest absolute Gasteiger partial charge is 0.381 e. The molecule has 0 aliphatic heterocycles. The number of rotatable bonds is 3. The van der Waals surface area contributed by atoms with Gasteiger partial charge in [0.25, 0.3) is 11.6 Å². The van der Waals surface area contributed by atoms with Crippen LogP contribution in [-0.4, -0.2) is 21.5 Å². The number of halogens is 1. The maximum atomic E-state index is 12.9. The zero-order valence-electron chi connectivity index (χ0n) is 9.23. The maximum absolute atomic E-state index is 12.9. The number of nitrogens with zero attached hydrogens (tertiary/aromatic N) is 1. The van der Waals surface area contributed by atoms with Crippen LogP contribution in [0, 0.1) is 15.9 Å². The van der Waals surface area contributed by atoms with Gasteiger partial charge in [0.1, 0.15) is 17.1 Å². The molecular formula is C10H11FN2O4. The van der Waals surface area contributed by atoms with E-state index in [1.54, 1.807) is 0 Å². The minimum absolute atomic E-state index is 0.290. The molecule has 1 aromatic rings. The number of benzene rings is 1. The number of hydrogen-bond donors (Lipinski definition) is 2. The molecule has 92 valence electrons. The summed E-state index contributed by atoms with van der Waals surface area (Å²) < 4.78 is 12.9. The molecule has 1 rings (SSSR count). The van der Waals surface area contributed by atoms with Crippen LogP contribution in [0.5, 0.6) is 0 Å². The number of amides is 1. The van der Waals surface area contributed by atoms with Gasteiger partial charge in [-0.25, -0.2) is 4.39 Å². The van der Waals surface area contributed by atoms with Gasteiger partial charge in [0.2, 0.25) is 0 Å². The van der Waals surface area contributed by atoms with Gasteiger partial charge in [-0.1, -0.05) is 0 Å². The number of aliphatic hydroxyl groups is 1. The van der Waals surface area contributed by atoms with Crippen LogP contribution in [0.4, 0.5) is 15.8 Å². The molecule has 6 nitrogen and oxygen atoms in total. The summed E-state index contributed by atoms with van der Waals surface area (Å²) in [4.78, 5) is 21.3. The fraction of sp³-hybridized carbons (Fsp3) is 0.300. The Morgan fingerprint density at radius 2 is 2.12 bits per heavy atom. The molecule has 0 aromatic heterocycles. The summed E-state index contributed by atoms with van der Waals surface area (Å²) in [6.45, 7) is 2.43. The van der Waals surface area contributed by atoms with Crippen molar-refractivity contribution in [3.05, 3.63) is 34.1 Å². The second-order valence-corrected chi connectivity index (χ2v) is 3.93. The molecule has 0 spiro atoms. The minimum atomic E-state index is -1.71. The van der Waals surface area contributed by atoms with Crippen LogP contribution in [0.25, 0.3) is 0 Å². The Kier molecular flexibility index (Phi) is 3.42. The van der Waals surface area contributed by atoms with E-state index in [-0.39, 0.29) is 5.69 Å². The molecule has 0 radical (unpaired) electrons. The van der Waals surface area contributed by atoms with E-state index in [0.717, 1.165) is 18.2 Å². The van der Waals surface area contributed by atoms with Crippen molar-refractivity contribution in [2.45, 2.75) is 19.4 Å². The smallest absolute Gasteiger partial charge is 0.292 e. The Bertz CT molecular complexity index is 468. The molecule has 0 fully saturated rings. The molecule has 0 aliphatic rings. The van der Waals surface area contributed by atoms with Crippen LogP contribution in [0.1, 0.15) is 13.8 Å². The first-order valence-corrected chi connectivity index (χ1v) is 4.69. The van der Waals surface area contributed by atoms with E-state index in [2.05, 4.69) is 5.32 Å². The summed E-state index contributed by atoms with van der Waals surface area (Å²) in [5, 5.41) is 22.1. The third-order valence-electron chi connectivity index (χ3n) is 1.96. The van der Waals surface area contributed by atoms with Gasteiger partial charge in [-0.05, 0) is 19.9 Å². The van der Waals surface area contributed by atoms with Crippen LogP contribution < -0.4 is 5.32 Å². The predicted octanol–water partition coefficient (Wildman–Crippen LogP) is 1.44. The van der Waals surface area contributed by atoms with Crippen LogP contribution in [0.2, 0.25) is 0 Å². The zero-order valence-corrected chi connectivity index (χ0v) is 9.23. The molecule has 17 heavy (non-hydrogen) atoms. The van der Waals surface area contributed by atoms with Crippen molar-refractivity contribution in [1.82, 2.24) is 0 Å². The van der Waals surface area contributed by atoms with Crippen LogP contribution in [0.3, 0.4) is 0 Å². The number of hydrogen-bond acceptors (Lipinski definition) is 4. The molecule has 0 saturated heterocycles. The van der Waals surface area contributed by atoms with Gasteiger partial charge in [-0.15, -0.1) is 0 Å². The number of carbonyl (C=O) groups is 1. The van der Waals surface area contributed by atoms with Crippen LogP contribution in [0.15, 0.2) is 18.2 Å². The van der Waals surface area contributed by atoms with E-state index in [1.165, 1.54) is 13.8 Å². The van der Waals surface area contributed by atoms with E-state index >= 15 is 0 Å². The van der Waals surface area contributed by atoms with Gasteiger partial charge in [0.05, 0.1) is 4.92 Å². The average molecular weight is 242 g/mol. The highest BCUT2D eigenvalue weighted by Gasteiger charge is 2.26. The van der Waals surface area contributed by atoms with E-state index in [0.29, 0.717) is 0 Å². The van der Waals surface area contributed by atoms with Crippen molar-refractivity contribution in [2.24, 2.45) is 0 Å². The third kappa shape index (κ3) is 3.22. The molecule has 0 saturated carbocycles. The summed E-state index contributed by atoms with van der Waals surface area (Å²) in [6.07, 6.45) is 0. The first-order chi connectivity index (χ1) is 7.71. The van der Waals surface area contributed by atoms with Gasteiger partial charge < -0.3 is 10.4 Å². The van der Waals surface area contributed by atoms with Gasteiger partial charge in [-0.2, -0.15) is 0 Å². The van der Waals surface area contributed by atoms with Gasteiger partial charge in [-0.3, -0.25) is 14.9 Å². The molecule has 0 heterocycles. The highest BCUT2D eigenvalue weighted by Crippen LogP contribution is 2.25. The van der Waals surface area contributed by atoms with E-state index in [9.17, 15) is 24.4 Å². The molecule has 1 aromatic carbocycles. The number of nitro groups is 1. The summed E-state index contributed by atoms with van der Waals surface area (Å²) in [5.74, 6) is -1.58. The highest BCUT2D eigenvalue weighted by atomic mass is 19.1. The molecule has 0 aliphatic carbocycles. The predicted molar refractivity (Wildman–Crippen MR) is 58.0 cm³/mol.